The van der Waals surface area contributed by atoms with Crippen LogP contribution in [0.15, 0.2) is 15.3 Å². The van der Waals surface area contributed by atoms with Gasteiger partial charge in [-0.1, -0.05) is 13.8 Å². The molecular weight excluding hydrogens is 234 g/mol. The van der Waals surface area contributed by atoms with Crippen molar-refractivity contribution in [3.05, 3.63) is 27.8 Å². The molecule has 0 unspecified atom stereocenters. The van der Waals surface area contributed by atoms with Crippen LogP contribution in [0, 0.1) is 6.92 Å². The third-order valence-electron chi connectivity index (χ3n) is 2.75. The summed E-state index contributed by atoms with van der Waals surface area (Å²) in [5.74, 6) is 0.169. The molecule has 1 rings (SSSR count). The Morgan fingerprint density at radius 1 is 1.50 bits per heavy atom. The molecule has 0 radical (unpaired) electrons. The van der Waals surface area contributed by atoms with Crippen molar-refractivity contribution in [3.63, 3.8) is 0 Å². The molecule has 100 valence electrons. The Morgan fingerprint density at radius 3 is 2.67 bits per heavy atom. The molecule has 2 N–H and O–H groups in total. The van der Waals surface area contributed by atoms with Crippen molar-refractivity contribution in [2.24, 2.45) is 0 Å². The molecule has 1 aromatic heterocycles. The number of anilines is 1. The van der Waals surface area contributed by atoms with Gasteiger partial charge in [0, 0.05) is 18.5 Å². The maximum absolute atomic E-state index is 11.8. The molecule has 1 heterocycles. The third kappa shape index (κ3) is 3.20. The summed E-state index contributed by atoms with van der Waals surface area (Å²) in [6.45, 7) is 5.18. The van der Waals surface area contributed by atoms with Crippen LogP contribution in [0.1, 0.15) is 42.8 Å². The number of Topliss-reactive ketones (excluding diaryl/α,β-unsaturated/α-hetero) is 1. The highest BCUT2D eigenvalue weighted by Crippen LogP contribution is 2.17. The van der Waals surface area contributed by atoms with Crippen molar-refractivity contribution in [2.75, 3.05) is 11.9 Å². The molecule has 5 heteroatoms. The first kappa shape index (κ1) is 14.4. The van der Waals surface area contributed by atoms with Crippen LogP contribution >= 0.6 is 0 Å². The first-order chi connectivity index (χ1) is 8.53. The molecule has 0 amide bonds. The quantitative estimate of drug-likeness (QED) is 0.755. The average molecular weight is 253 g/mol. The fourth-order valence-corrected chi connectivity index (χ4v) is 1.66. The number of aryl methyl sites for hydroxylation is 1. The van der Waals surface area contributed by atoms with Crippen molar-refractivity contribution < 1.29 is 14.3 Å². The summed E-state index contributed by atoms with van der Waals surface area (Å²) in [5, 5.41) is 12.2. The minimum atomic E-state index is -0.628. The van der Waals surface area contributed by atoms with E-state index in [0.717, 1.165) is 0 Å². The first-order valence-electron chi connectivity index (χ1n) is 6.08. The highest BCUT2D eigenvalue weighted by Gasteiger charge is 2.18. The zero-order valence-corrected chi connectivity index (χ0v) is 10.9. The molecule has 0 bridgehead atoms. The van der Waals surface area contributed by atoms with E-state index in [-0.39, 0.29) is 30.4 Å². The Labute approximate surface area is 106 Å². The second-order valence-corrected chi connectivity index (χ2v) is 4.14. The molecule has 0 saturated carbocycles. The lowest BCUT2D eigenvalue weighted by Gasteiger charge is -2.17. The number of hydrogen-bond donors (Lipinski definition) is 2. The summed E-state index contributed by atoms with van der Waals surface area (Å²) in [6, 6.07) is 1.43. The van der Waals surface area contributed by atoms with Crippen molar-refractivity contribution in [3.8, 4) is 0 Å². The number of nitrogens with one attached hydrogen (secondary N) is 1. The summed E-state index contributed by atoms with van der Waals surface area (Å²) >= 11 is 0. The number of rotatable bonds is 6. The highest BCUT2D eigenvalue weighted by atomic mass is 16.4. The number of hydrogen-bond acceptors (Lipinski definition) is 5. The second-order valence-electron chi connectivity index (χ2n) is 4.14. The van der Waals surface area contributed by atoms with Gasteiger partial charge >= 0.3 is 5.63 Å². The Hall–Kier alpha value is -1.62. The van der Waals surface area contributed by atoms with Crippen molar-refractivity contribution in [1.29, 1.82) is 0 Å². The van der Waals surface area contributed by atoms with Gasteiger partial charge in [0.15, 0.2) is 5.78 Å². The predicted molar refractivity (Wildman–Crippen MR) is 69.1 cm³/mol. The Balaban J connectivity index is 3.23. The van der Waals surface area contributed by atoms with Gasteiger partial charge in [0.25, 0.3) is 0 Å². The molecule has 5 nitrogen and oxygen atoms in total. The standard InChI is InChI=1S/C13H19NO4/c1-4-9(7-15)14-10-6-8(3)18-13(17)12(10)11(16)5-2/h6,9,14-15H,4-5,7H2,1-3H3/t9-/m1/s1. The van der Waals surface area contributed by atoms with Gasteiger partial charge in [0.1, 0.15) is 11.3 Å². The molecule has 1 atom stereocenters. The molecule has 0 aliphatic carbocycles. The van der Waals surface area contributed by atoms with E-state index in [1.54, 1.807) is 19.9 Å². The van der Waals surface area contributed by atoms with Crippen LogP contribution in [0.5, 0.6) is 0 Å². The Bertz CT molecular complexity index is 474. The SMILES string of the molecule is CCC(=O)c1c(N[C@H](CC)CO)cc(C)oc1=O. The Kier molecular flexibility index (Phi) is 5.09. The van der Waals surface area contributed by atoms with Crippen molar-refractivity contribution in [2.45, 2.75) is 39.7 Å². The smallest absolute Gasteiger partial charge is 0.348 e. The molecule has 0 aliphatic rings. The lowest BCUT2D eigenvalue weighted by molar-refractivity contribution is 0.0984. The number of ketones is 1. The van der Waals surface area contributed by atoms with Crippen molar-refractivity contribution >= 4 is 11.5 Å². The van der Waals surface area contributed by atoms with Gasteiger partial charge in [-0.05, 0) is 13.3 Å². The topological polar surface area (TPSA) is 79.5 Å². The van der Waals surface area contributed by atoms with E-state index < -0.39 is 5.63 Å². The lowest BCUT2D eigenvalue weighted by atomic mass is 10.1. The van der Waals surface area contributed by atoms with Crippen LogP contribution < -0.4 is 10.9 Å². The van der Waals surface area contributed by atoms with Gasteiger partial charge in [-0.15, -0.1) is 0 Å². The van der Waals surface area contributed by atoms with Crippen LogP contribution in [0.25, 0.3) is 0 Å². The van der Waals surface area contributed by atoms with Crippen LogP contribution in [-0.2, 0) is 0 Å². The molecule has 0 saturated heterocycles. The number of aliphatic hydroxyl groups is 1. The number of aliphatic hydroxyl groups excluding tert-OH is 1. The van der Waals surface area contributed by atoms with Gasteiger partial charge in [0.05, 0.1) is 12.3 Å². The van der Waals surface area contributed by atoms with Gasteiger partial charge < -0.3 is 14.8 Å². The first-order valence-corrected chi connectivity index (χ1v) is 6.08. The van der Waals surface area contributed by atoms with Crippen LogP contribution in [0.3, 0.4) is 0 Å². The van der Waals surface area contributed by atoms with Gasteiger partial charge in [-0.3, -0.25) is 4.79 Å². The molecule has 1 aromatic rings. The molecule has 18 heavy (non-hydrogen) atoms. The summed E-state index contributed by atoms with van der Waals surface area (Å²) in [6.07, 6.45) is 0.925. The normalized spacial score (nSPS) is 12.2. The average Bonchev–Trinajstić information content (AvgIpc) is 2.34. The second kappa shape index (κ2) is 6.35. The Morgan fingerprint density at radius 2 is 2.17 bits per heavy atom. The maximum Gasteiger partial charge on any atom is 0.348 e. The summed E-state index contributed by atoms with van der Waals surface area (Å²) in [5.41, 5.74) is -0.149. The van der Waals surface area contributed by atoms with E-state index in [2.05, 4.69) is 5.32 Å². The van der Waals surface area contributed by atoms with E-state index >= 15 is 0 Å². The predicted octanol–water partition coefficient (Wildman–Crippen LogP) is 1.72. The fourth-order valence-electron chi connectivity index (χ4n) is 1.66. The number of carbonyl (C=O) groups is 1. The van der Waals surface area contributed by atoms with E-state index in [1.807, 2.05) is 6.92 Å². The molecule has 0 spiro atoms. The largest absolute Gasteiger partial charge is 0.428 e. The van der Waals surface area contributed by atoms with Crippen LogP contribution in [-0.4, -0.2) is 23.5 Å². The van der Waals surface area contributed by atoms with E-state index in [4.69, 9.17) is 9.52 Å². The van der Waals surface area contributed by atoms with Crippen LogP contribution in [0.4, 0.5) is 5.69 Å². The van der Waals surface area contributed by atoms with Crippen LogP contribution in [0.2, 0.25) is 0 Å². The summed E-state index contributed by atoms with van der Waals surface area (Å²) < 4.78 is 4.94. The molecule has 0 aliphatic heterocycles. The summed E-state index contributed by atoms with van der Waals surface area (Å²) in [4.78, 5) is 23.5. The van der Waals surface area contributed by atoms with E-state index in [1.165, 1.54) is 0 Å². The molecule has 0 aromatic carbocycles. The fraction of sp³-hybridized carbons (Fsp3) is 0.538. The third-order valence-corrected chi connectivity index (χ3v) is 2.75. The lowest BCUT2D eigenvalue weighted by Crippen LogP contribution is -2.26. The number of carbonyl (C=O) groups excluding carboxylic acids is 1. The monoisotopic (exact) mass is 253 g/mol. The zero-order valence-electron chi connectivity index (χ0n) is 10.9. The van der Waals surface area contributed by atoms with Gasteiger partial charge in [-0.25, -0.2) is 4.79 Å². The minimum absolute atomic E-state index is 0.0370. The van der Waals surface area contributed by atoms with E-state index in [9.17, 15) is 9.59 Å². The maximum atomic E-state index is 11.8. The molecular formula is C13H19NO4. The molecule has 0 fully saturated rings. The summed E-state index contributed by atoms with van der Waals surface area (Å²) in [7, 11) is 0. The van der Waals surface area contributed by atoms with Gasteiger partial charge in [0.2, 0.25) is 0 Å². The van der Waals surface area contributed by atoms with Gasteiger partial charge in [-0.2, -0.15) is 0 Å². The zero-order chi connectivity index (χ0) is 13.7. The van der Waals surface area contributed by atoms with E-state index in [0.29, 0.717) is 17.9 Å². The minimum Gasteiger partial charge on any atom is -0.428 e. The van der Waals surface area contributed by atoms with Crippen molar-refractivity contribution in [1.82, 2.24) is 0 Å². The highest BCUT2D eigenvalue weighted by molar-refractivity contribution is 6.00.